The van der Waals surface area contributed by atoms with E-state index in [0.29, 0.717) is 30.0 Å². The van der Waals surface area contributed by atoms with Crippen LogP contribution in [0.5, 0.6) is 11.5 Å². The van der Waals surface area contributed by atoms with Gasteiger partial charge < -0.3 is 9.47 Å². The molecule has 0 aliphatic carbocycles. The number of sulfonamides is 1. The lowest BCUT2D eigenvalue weighted by atomic mass is 10.0. The lowest BCUT2D eigenvalue weighted by Gasteiger charge is -2.29. The lowest BCUT2D eigenvalue weighted by molar-refractivity contribution is 0.348. The fourth-order valence-corrected chi connectivity index (χ4v) is 4.61. The van der Waals surface area contributed by atoms with Crippen molar-refractivity contribution in [3.63, 3.8) is 0 Å². The molecule has 0 radical (unpaired) electrons. The Kier molecular flexibility index (Phi) is 5.48. The first-order chi connectivity index (χ1) is 12.4. The van der Waals surface area contributed by atoms with Crippen molar-refractivity contribution < 1.29 is 22.3 Å². The molecule has 5 nitrogen and oxygen atoms in total. The molecule has 0 aromatic heterocycles. The summed E-state index contributed by atoms with van der Waals surface area (Å²) >= 11 is 0. The van der Waals surface area contributed by atoms with Crippen molar-refractivity contribution in [3.05, 3.63) is 58.9 Å². The highest BCUT2D eigenvalue weighted by Gasteiger charge is 2.28. The molecule has 1 aliphatic heterocycles. The molecule has 0 unspecified atom stereocenters. The molecule has 2 aromatic carbocycles. The minimum Gasteiger partial charge on any atom is -0.493 e. The number of rotatable bonds is 6. The van der Waals surface area contributed by atoms with Crippen LogP contribution in [0.4, 0.5) is 4.39 Å². The number of nitrogens with zero attached hydrogens (tertiary/aromatic N) is 1. The van der Waals surface area contributed by atoms with Gasteiger partial charge in [-0.15, -0.1) is 0 Å². The Morgan fingerprint density at radius 3 is 2.38 bits per heavy atom. The van der Waals surface area contributed by atoms with Crippen LogP contribution in [0, 0.1) is 5.82 Å². The molecular formula is C19H22FNO4S. The molecule has 1 aliphatic rings. The number of ether oxygens (including phenoxy) is 2. The van der Waals surface area contributed by atoms with E-state index in [1.165, 1.54) is 10.4 Å². The van der Waals surface area contributed by atoms with Gasteiger partial charge in [-0.25, -0.2) is 12.8 Å². The quantitative estimate of drug-likeness (QED) is 0.775. The highest BCUT2D eigenvalue weighted by molar-refractivity contribution is 7.89. The molecule has 0 fully saturated rings. The molecule has 0 bridgehead atoms. The Hall–Kier alpha value is -2.12. The summed E-state index contributed by atoms with van der Waals surface area (Å²) in [6.07, 6.45) is 0.763. The highest BCUT2D eigenvalue weighted by Crippen LogP contribution is 2.33. The Labute approximate surface area is 153 Å². The average Bonchev–Trinajstić information content (AvgIpc) is 2.65. The van der Waals surface area contributed by atoms with E-state index in [1.54, 1.807) is 32.4 Å². The number of fused-ring (bicyclic) bond motifs is 1. The number of benzene rings is 2. The topological polar surface area (TPSA) is 55.8 Å². The third-order valence-corrected chi connectivity index (χ3v) is 6.48. The van der Waals surface area contributed by atoms with E-state index in [1.807, 2.05) is 12.1 Å². The van der Waals surface area contributed by atoms with Crippen molar-refractivity contribution in [2.45, 2.75) is 19.4 Å². The van der Waals surface area contributed by atoms with Crippen LogP contribution < -0.4 is 9.47 Å². The summed E-state index contributed by atoms with van der Waals surface area (Å²) in [4.78, 5) is 0. The Morgan fingerprint density at radius 1 is 1.08 bits per heavy atom. The van der Waals surface area contributed by atoms with Gasteiger partial charge in [0.25, 0.3) is 0 Å². The monoisotopic (exact) mass is 379 g/mol. The van der Waals surface area contributed by atoms with Crippen molar-refractivity contribution >= 4 is 10.0 Å². The molecule has 0 spiro atoms. The summed E-state index contributed by atoms with van der Waals surface area (Å²) in [5, 5.41) is 0. The van der Waals surface area contributed by atoms with Gasteiger partial charge in [-0.1, -0.05) is 18.2 Å². The van der Waals surface area contributed by atoms with Crippen LogP contribution >= 0.6 is 0 Å². The normalized spacial score (nSPS) is 14.7. The number of halogens is 1. The van der Waals surface area contributed by atoms with E-state index in [9.17, 15) is 12.8 Å². The highest BCUT2D eigenvalue weighted by atomic mass is 32.2. The first-order valence-electron chi connectivity index (χ1n) is 8.39. The van der Waals surface area contributed by atoms with Gasteiger partial charge in [-0.3, -0.25) is 0 Å². The maximum Gasteiger partial charge on any atom is 0.214 e. The summed E-state index contributed by atoms with van der Waals surface area (Å²) in [6, 6.07) is 9.99. The first-order valence-corrected chi connectivity index (χ1v) is 10.0. The zero-order valence-corrected chi connectivity index (χ0v) is 15.7. The SMILES string of the molecule is COc1cc2c(cc1OC)CN(S(=O)(=O)CCc1ccccc1F)CC2. The van der Waals surface area contributed by atoms with Crippen LogP contribution in [0.25, 0.3) is 0 Å². The van der Waals surface area contributed by atoms with Gasteiger partial charge in [-0.2, -0.15) is 4.31 Å². The van der Waals surface area contributed by atoms with E-state index < -0.39 is 10.0 Å². The largest absolute Gasteiger partial charge is 0.493 e. The van der Waals surface area contributed by atoms with Gasteiger partial charge >= 0.3 is 0 Å². The number of methoxy groups -OCH3 is 2. The number of hydrogen-bond donors (Lipinski definition) is 0. The zero-order chi connectivity index (χ0) is 18.7. The van der Waals surface area contributed by atoms with E-state index >= 15 is 0 Å². The molecular weight excluding hydrogens is 357 g/mol. The van der Waals surface area contributed by atoms with Crippen LogP contribution in [0.3, 0.4) is 0 Å². The first kappa shape index (κ1) is 18.7. The lowest BCUT2D eigenvalue weighted by Crippen LogP contribution is -2.37. The Balaban J connectivity index is 1.75. The summed E-state index contributed by atoms with van der Waals surface area (Å²) in [7, 11) is -0.354. The Morgan fingerprint density at radius 2 is 1.73 bits per heavy atom. The molecule has 26 heavy (non-hydrogen) atoms. The molecule has 3 rings (SSSR count). The summed E-state index contributed by atoms with van der Waals surface area (Å²) < 4.78 is 51.2. The third kappa shape index (κ3) is 3.83. The van der Waals surface area contributed by atoms with Crippen molar-refractivity contribution in [2.24, 2.45) is 0 Å². The van der Waals surface area contributed by atoms with Crippen LogP contribution in [-0.4, -0.2) is 39.2 Å². The molecule has 0 saturated heterocycles. The second kappa shape index (κ2) is 7.63. The van der Waals surface area contributed by atoms with Gasteiger partial charge in [-0.05, 0) is 47.7 Å². The van der Waals surface area contributed by atoms with Gasteiger partial charge in [0.1, 0.15) is 5.82 Å². The third-order valence-electron chi connectivity index (χ3n) is 4.66. The van der Waals surface area contributed by atoms with Gasteiger partial charge in [0, 0.05) is 13.1 Å². The van der Waals surface area contributed by atoms with E-state index in [4.69, 9.17) is 9.47 Å². The molecule has 0 N–H and O–H groups in total. The summed E-state index contributed by atoms with van der Waals surface area (Å²) in [5.41, 5.74) is 2.38. The number of aryl methyl sites for hydroxylation is 1. The van der Waals surface area contributed by atoms with Gasteiger partial charge in [0.2, 0.25) is 10.0 Å². The molecule has 0 saturated carbocycles. The van der Waals surface area contributed by atoms with E-state index in [2.05, 4.69) is 0 Å². The molecule has 1 heterocycles. The van der Waals surface area contributed by atoms with E-state index in [0.717, 1.165) is 11.1 Å². The summed E-state index contributed by atoms with van der Waals surface area (Å²) in [5.74, 6) is 0.735. The molecule has 0 atom stereocenters. The van der Waals surface area contributed by atoms with Crippen LogP contribution in [0.2, 0.25) is 0 Å². The van der Waals surface area contributed by atoms with Crippen LogP contribution in [0.1, 0.15) is 16.7 Å². The zero-order valence-electron chi connectivity index (χ0n) is 14.9. The predicted octanol–water partition coefficient (Wildman–Crippen LogP) is 2.77. The minimum absolute atomic E-state index is 0.115. The van der Waals surface area contributed by atoms with Crippen molar-refractivity contribution in [2.75, 3.05) is 26.5 Å². The van der Waals surface area contributed by atoms with Crippen molar-refractivity contribution in [3.8, 4) is 11.5 Å². The van der Waals surface area contributed by atoms with Gasteiger partial charge in [0.05, 0.1) is 20.0 Å². The molecule has 2 aromatic rings. The fraction of sp³-hybridized carbons (Fsp3) is 0.368. The standard InChI is InChI=1S/C19H22FNO4S/c1-24-18-11-15-7-9-21(13-16(15)12-19(18)25-2)26(22,23)10-8-14-5-3-4-6-17(14)20/h3-6,11-12H,7-10,13H2,1-2H3. The summed E-state index contributed by atoms with van der Waals surface area (Å²) in [6.45, 7) is 0.692. The second-order valence-electron chi connectivity index (χ2n) is 6.22. The number of hydrogen-bond acceptors (Lipinski definition) is 4. The van der Waals surface area contributed by atoms with Gasteiger partial charge in [0.15, 0.2) is 11.5 Å². The predicted molar refractivity (Wildman–Crippen MR) is 97.6 cm³/mol. The van der Waals surface area contributed by atoms with Crippen LogP contribution in [-0.2, 0) is 29.4 Å². The second-order valence-corrected chi connectivity index (χ2v) is 8.31. The van der Waals surface area contributed by atoms with Crippen molar-refractivity contribution in [1.82, 2.24) is 4.31 Å². The van der Waals surface area contributed by atoms with Crippen molar-refractivity contribution in [1.29, 1.82) is 0 Å². The Bertz CT molecular complexity index is 898. The molecule has 140 valence electrons. The molecule has 7 heteroatoms. The fourth-order valence-electron chi connectivity index (χ4n) is 3.16. The molecule has 0 amide bonds. The smallest absolute Gasteiger partial charge is 0.214 e. The average molecular weight is 379 g/mol. The maximum absolute atomic E-state index is 13.7. The van der Waals surface area contributed by atoms with Crippen LogP contribution in [0.15, 0.2) is 36.4 Å². The minimum atomic E-state index is -3.48. The maximum atomic E-state index is 13.7. The van der Waals surface area contributed by atoms with E-state index in [-0.39, 0.29) is 24.5 Å².